The second kappa shape index (κ2) is 7.49. The van der Waals surface area contributed by atoms with Crippen molar-refractivity contribution in [2.24, 2.45) is 0 Å². The molecule has 1 aliphatic heterocycles. The first-order valence-electron chi connectivity index (χ1n) is 8.39. The third-order valence-electron chi connectivity index (χ3n) is 4.49. The van der Waals surface area contributed by atoms with Crippen LogP contribution >= 0.6 is 0 Å². The molecule has 1 aromatic heterocycles. The highest BCUT2D eigenvalue weighted by Gasteiger charge is 2.26. The summed E-state index contributed by atoms with van der Waals surface area (Å²) in [5.74, 6) is -0.959. The Labute approximate surface area is 156 Å². The number of para-hydroxylation sites is 1. The first-order valence-corrected chi connectivity index (χ1v) is 10.2. The van der Waals surface area contributed by atoms with Gasteiger partial charge < -0.3 is 15.2 Å². The van der Waals surface area contributed by atoms with Gasteiger partial charge in [-0.15, -0.1) is 0 Å². The van der Waals surface area contributed by atoms with Gasteiger partial charge in [-0.3, -0.25) is 14.4 Å². The lowest BCUT2D eigenvalue weighted by Gasteiger charge is -2.33. The number of amides is 2. The Morgan fingerprint density at radius 2 is 1.81 bits per heavy atom. The van der Waals surface area contributed by atoms with E-state index >= 15 is 0 Å². The highest BCUT2D eigenvalue weighted by Crippen LogP contribution is 2.08. The number of rotatable bonds is 4. The molecule has 0 radical (unpaired) electrons. The molecule has 1 aliphatic rings. The minimum Gasteiger partial charge on any atom is -0.360 e. The monoisotopic (exact) mass is 392 g/mol. The Bertz CT molecular complexity index is 1040. The van der Waals surface area contributed by atoms with E-state index in [1.165, 1.54) is 15.4 Å². The number of carbonyl (C=O) groups is 2. The average molecular weight is 392 g/mol. The molecule has 1 fully saturated rings. The second-order valence-electron chi connectivity index (χ2n) is 6.30. The molecule has 0 aliphatic carbocycles. The van der Waals surface area contributed by atoms with Gasteiger partial charge in [0.05, 0.1) is 12.8 Å². The maximum absolute atomic E-state index is 12.4. The number of sulfonamides is 1. The first kappa shape index (κ1) is 19.1. The Morgan fingerprint density at radius 3 is 2.48 bits per heavy atom. The second-order valence-corrected chi connectivity index (χ2v) is 8.28. The van der Waals surface area contributed by atoms with Gasteiger partial charge >= 0.3 is 0 Å². The average Bonchev–Trinajstić information content (AvgIpc) is 2.66. The molecule has 2 N–H and O–H groups in total. The van der Waals surface area contributed by atoms with Crippen LogP contribution in [0.3, 0.4) is 0 Å². The van der Waals surface area contributed by atoms with E-state index in [0.29, 0.717) is 10.9 Å². The van der Waals surface area contributed by atoms with Crippen molar-refractivity contribution in [1.29, 1.82) is 0 Å². The quantitative estimate of drug-likeness (QED) is 0.717. The van der Waals surface area contributed by atoms with E-state index in [-0.39, 0.29) is 44.2 Å². The molecule has 0 bridgehead atoms. The fraction of sp³-hybridized carbons (Fsp3) is 0.353. The summed E-state index contributed by atoms with van der Waals surface area (Å²) >= 11 is 0. The number of pyridine rings is 1. The number of fused-ring (bicyclic) bond motifs is 1. The van der Waals surface area contributed by atoms with Gasteiger partial charge in [-0.05, 0) is 12.1 Å². The molecule has 3 rings (SSSR count). The van der Waals surface area contributed by atoms with Gasteiger partial charge in [-0.25, -0.2) is 8.42 Å². The van der Waals surface area contributed by atoms with E-state index in [1.807, 2.05) is 0 Å². The highest BCUT2D eigenvalue weighted by atomic mass is 32.2. The third-order valence-corrected chi connectivity index (χ3v) is 5.80. The van der Waals surface area contributed by atoms with Crippen LogP contribution in [-0.2, 0) is 14.8 Å². The fourth-order valence-electron chi connectivity index (χ4n) is 2.97. The first-order chi connectivity index (χ1) is 12.8. The lowest BCUT2D eigenvalue weighted by Crippen LogP contribution is -2.52. The molecule has 0 unspecified atom stereocenters. The summed E-state index contributed by atoms with van der Waals surface area (Å²) in [6.07, 6.45) is 2.46. The predicted molar refractivity (Wildman–Crippen MR) is 99.9 cm³/mol. The Hall–Kier alpha value is -2.72. The maximum Gasteiger partial charge on any atom is 0.257 e. The number of aromatic amines is 1. The molecule has 10 heteroatoms. The van der Waals surface area contributed by atoms with Crippen LogP contribution in [0.25, 0.3) is 10.9 Å². The number of hydrogen-bond acceptors (Lipinski definition) is 5. The molecule has 1 saturated heterocycles. The van der Waals surface area contributed by atoms with Gasteiger partial charge in [0.1, 0.15) is 5.56 Å². The Kier molecular flexibility index (Phi) is 5.29. The summed E-state index contributed by atoms with van der Waals surface area (Å²) in [7, 11) is -3.27. The van der Waals surface area contributed by atoms with Crippen LogP contribution in [0.2, 0.25) is 0 Å². The Morgan fingerprint density at radius 1 is 1.15 bits per heavy atom. The molecule has 2 heterocycles. The smallest absolute Gasteiger partial charge is 0.257 e. The largest absolute Gasteiger partial charge is 0.360 e. The highest BCUT2D eigenvalue weighted by molar-refractivity contribution is 7.88. The van der Waals surface area contributed by atoms with Gasteiger partial charge in [-0.1, -0.05) is 12.1 Å². The number of benzene rings is 1. The van der Waals surface area contributed by atoms with Crippen molar-refractivity contribution in [3.8, 4) is 0 Å². The molecule has 2 amide bonds. The van der Waals surface area contributed by atoms with Crippen molar-refractivity contribution < 1.29 is 18.0 Å². The normalized spacial score (nSPS) is 15.7. The predicted octanol–water partition coefficient (Wildman–Crippen LogP) is -0.638. The van der Waals surface area contributed by atoms with Crippen LogP contribution in [0.5, 0.6) is 0 Å². The zero-order chi connectivity index (χ0) is 19.6. The van der Waals surface area contributed by atoms with Crippen LogP contribution in [0.1, 0.15) is 10.4 Å². The zero-order valence-electron chi connectivity index (χ0n) is 14.8. The summed E-state index contributed by atoms with van der Waals surface area (Å²) in [5, 5.41) is 2.86. The van der Waals surface area contributed by atoms with Crippen molar-refractivity contribution >= 4 is 32.7 Å². The van der Waals surface area contributed by atoms with Crippen LogP contribution in [0.4, 0.5) is 0 Å². The van der Waals surface area contributed by atoms with Gasteiger partial charge in [0.15, 0.2) is 0 Å². The summed E-state index contributed by atoms with van der Waals surface area (Å²) in [5.41, 5.74) is 0.151. The topological polar surface area (TPSA) is 120 Å². The molecule has 0 atom stereocenters. The van der Waals surface area contributed by atoms with Gasteiger partial charge in [0.25, 0.3) is 5.91 Å². The SMILES string of the molecule is CS(=O)(=O)N1CCN(C(=O)CNC(=O)c2c[nH]c3ccccc3c2=O)CC1. The van der Waals surface area contributed by atoms with Gasteiger partial charge in [0.2, 0.25) is 21.4 Å². The molecule has 144 valence electrons. The van der Waals surface area contributed by atoms with Crippen molar-refractivity contribution in [2.45, 2.75) is 0 Å². The minimum absolute atomic E-state index is 0.0663. The number of aromatic nitrogens is 1. The summed E-state index contributed by atoms with van der Waals surface area (Å²) in [6.45, 7) is 0.715. The van der Waals surface area contributed by atoms with E-state index in [2.05, 4.69) is 10.3 Å². The van der Waals surface area contributed by atoms with Crippen LogP contribution in [0, 0.1) is 0 Å². The number of nitrogens with zero attached hydrogens (tertiary/aromatic N) is 2. The third kappa shape index (κ3) is 4.17. The molecule has 9 nitrogen and oxygen atoms in total. The maximum atomic E-state index is 12.4. The number of piperazine rings is 1. The van der Waals surface area contributed by atoms with Crippen molar-refractivity contribution in [1.82, 2.24) is 19.5 Å². The van der Waals surface area contributed by atoms with E-state index < -0.39 is 21.4 Å². The molecule has 2 aromatic rings. The minimum atomic E-state index is -3.27. The molecule has 27 heavy (non-hydrogen) atoms. The number of hydrogen-bond donors (Lipinski definition) is 2. The van der Waals surface area contributed by atoms with Crippen LogP contribution in [0.15, 0.2) is 35.3 Å². The Balaban J connectivity index is 1.61. The van der Waals surface area contributed by atoms with E-state index in [0.717, 1.165) is 6.26 Å². The number of H-pyrrole nitrogens is 1. The lowest BCUT2D eigenvalue weighted by atomic mass is 10.1. The van der Waals surface area contributed by atoms with Crippen LogP contribution < -0.4 is 10.7 Å². The molecular formula is C17H20N4O5S. The van der Waals surface area contributed by atoms with Crippen molar-refractivity contribution in [3.05, 3.63) is 46.2 Å². The summed E-state index contributed by atoms with van der Waals surface area (Å²) < 4.78 is 24.3. The number of nitrogens with one attached hydrogen (secondary N) is 2. The summed E-state index contributed by atoms with van der Waals surface area (Å²) in [6, 6.07) is 6.84. The molecule has 1 aromatic carbocycles. The summed E-state index contributed by atoms with van der Waals surface area (Å²) in [4.78, 5) is 41.3. The lowest BCUT2D eigenvalue weighted by molar-refractivity contribution is -0.131. The molecule has 0 saturated carbocycles. The van der Waals surface area contributed by atoms with E-state index in [9.17, 15) is 22.8 Å². The van der Waals surface area contributed by atoms with E-state index in [1.54, 1.807) is 24.3 Å². The van der Waals surface area contributed by atoms with E-state index in [4.69, 9.17) is 0 Å². The fourth-order valence-corrected chi connectivity index (χ4v) is 3.79. The zero-order valence-corrected chi connectivity index (χ0v) is 15.6. The van der Waals surface area contributed by atoms with Gasteiger partial charge in [0, 0.05) is 43.3 Å². The van der Waals surface area contributed by atoms with Gasteiger partial charge in [-0.2, -0.15) is 4.31 Å². The van der Waals surface area contributed by atoms with Crippen molar-refractivity contribution in [3.63, 3.8) is 0 Å². The van der Waals surface area contributed by atoms with Crippen LogP contribution in [-0.4, -0.2) is 73.4 Å². The molecular weight excluding hydrogens is 372 g/mol. The van der Waals surface area contributed by atoms with Crippen molar-refractivity contribution in [2.75, 3.05) is 39.0 Å². The number of carbonyl (C=O) groups excluding carboxylic acids is 2. The standard InChI is InChI=1S/C17H20N4O5S/c1-27(25,26)21-8-6-20(7-9-21)15(22)11-19-17(24)13-10-18-14-5-3-2-4-12(14)16(13)23/h2-5,10H,6-9,11H2,1H3,(H,18,23)(H,19,24). The molecule has 0 spiro atoms.